The van der Waals surface area contributed by atoms with Gasteiger partial charge in [-0.3, -0.25) is 0 Å². The molecule has 5 nitrogen and oxygen atoms in total. The predicted molar refractivity (Wildman–Crippen MR) is 131 cm³/mol. The molecule has 2 aliphatic rings. The van der Waals surface area contributed by atoms with Gasteiger partial charge in [0.25, 0.3) is 0 Å². The number of nitrogens with zero attached hydrogens (tertiary/aromatic N) is 2. The first-order valence-corrected chi connectivity index (χ1v) is 12.7. The van der Waals surface area contributed by atoms with Gasteiger partial charge in [-0.2, -0.15) is 0 Å². The number of hydrogen-bond donors (Lipinski definition) is 1. The first-order chi connectivity index (χ1) is 15.7. The van der Waals surface area contributed by atoms with Crippen molar-refractivity contribution in [3.8, 4) is 5.75 Å². The maximum atomic E-state index is 11.4. The Morgan fingerprint density at radius 1 is 1.19 bits per heavy atom. The fourth-order valence-electron chi connectivity index (χ4n) is 5.96. The van der Waals surface area contributed by atoms with Crippen LogP contribution in [0.3, 0.4) is 0 Å². The highest BCUT2D eigenvalue weighted by atomic mass is 16.5. The molecule has 3 atom stereocenters. The van der Waals surface area contributed by atoms with Crippen LogP contribution in [-0.2, 0) is 11.2 Å². The van der Waals surface area contributed by atoms with E-state index in [4.69, 9.17) is 4.74 Å². The van der Waals surface area contributed by atoms with Crippen LogP contribution in [0.4, 0.5) is 0 Å². The number of likely N-dealkylation sites (tertiary alicyclic amines) is 1. The Hall–Kier alpha value is -1.85. The van der Waals surface area contributed by atoms with E-state index in [9.17, 15) is 4.79 Å². The predicted octanol–water partition coefficient (Wildman–Crippen LogP) is 4.90. The van der Waals surface area contributed by atoms with E-state index in [1.54, 1.807) is 7.11 Å². The zero-order valence-electron chi connectivity index (χ0n) is 20.0. The Morgan fingerprint density at radius 2 is 2.06 bits per heavy atom. The smallest absolute Gasteiger partial charge is 0.123 e. The van der Waals surface area contributed by atoms with Gasteiger partial charge >= 0.3 is 0 Å². The maximum Gasteiger partial charge on any atom is 0.123 e. The van der Waals surface area contributed by atoms with E-state index in [1.807, 2.05) is 6.07 Å². The third kappa shape index (κ3) is 5.74. The van der Waals surface area contributed by atoms with Crippen molar-refractivity contribution in [2.45, 2.75) is 63.8 Å². The Balaban J connectivity index is 1.22. The van der Waals surface area contributed by atoms with E-state index in [2.05, 4.69) is 40.2 Å². The zero-order valence-corrected chi connectivity index (χ0v) is 20.0. The lowest BCUT2D eigenvalue weighted by Crippen LogP contribution is -2.34. The molecule has 2 aromatic rings. The second-order valence-corrected chi connectivity index (χ2v) is 10.1. The van der Waals surface area contributed by atoms with Gasteiger partial charge < -0.3 is 24.3 Å². The molecule has 5 heteroatoms. The summed E-state index contributed by atoms with van der Waals surface area (Å²) >= 11 is 0. The molecule has 1 aliphatic carbocycles. The lowest BCUT2D eigenvalue weighted by molar-refractivity contribution is -0.113. The zero-order chi connectivity index (χ0) is 22.3. The summed E-state index contributed by atoms with van der Waals surface area (Å²) in [6.45, 7) is 4.66. The van der Waals surface area contributed by atoms with Crippen molar-refractivity contribution in [3.63, 3.8) is 0 Å². The minimum absolute atomic E-state index is 0.293. The highest BCUT2D eigenvalue weighted by Gasteiger charge is 2.26. The molecule has 1 saturated carbocycles. The summed E-state index contributed by atoms with van der Waals surface area (Å²) in [6.07, 6.45) is 14.5. The number of unbranched alkanes of at least 4 members (excludes halogenated alkanes) is 1. The second kappa shape index (κ2) is 11.3. The lowest BCUT2D eigenvalue weighted by atomic mass is 9.80. The van der Waals surface area contributed by atoms with Crippen LogP contribution in [0.15, 0.2) is 24.4 Å². The molecule has 1 N–H and O–H groups in total. The molecule has 2 fully saturated rings. The summed E-state index contributed by atoms with van der Waals surface area (Å²) in [4.78, 5) is 20.0. The van der Waals surface area contributed by atoms with Crippen LogP contribution >= 0.6 is 0 Å². The van der Waals surface area contributed by atoms with Crippen molar-refractivity contribution in [3.05, 3.63) is 30.0 Å². The molecule has 4 rings (SSSR count). The van der Waals surface area contributed by atoms with Crippen molar-refractivity contribution in [1.29, 1.82) is 0 Å². The Kier molecular flexibility index (Phi) is 8.26. The van der Waals surface area contributed by atoms with Gasteiger partial charge in [-0.15, -0.1) is 0 Å². The average molecular weight is 440 g/mol. The van der Waals surface area contributed by atoms with E-state index < -0.39 is 0 Å². The van der Waals surface area contributed by atoms with Gasteiger partial charge in [0.05, 0.1) is 7.11 Å². The molecular weight excluding hydrogens is 398 g/mol. The minimum Gasteiger partial charge on any atom is -0.497 e. The lowest BCUT2D eigenvalue weighted by Gasteiger charge is -2.31. The molecule has 1 aromatic heterocycles. The molecule has 2 heterocycles. The first kappa shape index (κ1) is 23.3. The third-order valence-corrected chi connectivity index (χ3v) is 7.85. The second-order valence-electron chi connectivity index (χ2n) is 10.1. The molecule has 176 valence electrons. The van der Waals surface area contributed by atoms with E-state index in [0.29, 0.717) is 17.9 Å². The minimum atomic E-state index is 0.293. The van der Waals surface area contributed by atoms with Crippen LogP contribution in [-0.4, -0.2) is 67.4 Å². The fraction of sp³-hybridized carbons (Fsp3) is 0.667. The summed E-state index contributed by atoms with van der Waals surface area (Å²) in [5.41, 5.74) is 2.61. The van der Waals surface area contributed by atoms with Crippen LogP contribution in [0.1, 0.15) is 56.9 Å². The van der Waals surface area contributed by atoms with Crippen LogP contribution in [0.2, 0.25) is 0 Å². The molecule has 0 amide bonds. The number of ether oxygens (including phenoxy) is 1. The molecule has 1 saturated heterocycles. The molecule has 0 bridgehead atoms. The van der Waals surface area contributed by atoms with Crippen molar-refractivity contribution in [2.75, 3.05) is 40.3 Å². The maximum absolute atomic E-state index is 11.4. The summed E-state index contributed by atoms with van der Waals surface area (Å²) in [7, 11) is 3.97. The molecular formula is C27H41N3O2. The van der Waals surface area contributed by atoms with Crippen molar-refractivity contribution < 1.29 is 9.53 Å². The Bertz CT molecular complexity index is 864. The normalized spacial score (nSPS) is 24.4. The van der Waals surface area contributed by atoms with E-state index in [-0.39, 0.29) is 0 Å². The molecule has 32 heavy (non-hydrogen) atoms. The van der Waals surface area contributed by atoms with Crippen molar-refractivity contribution >= 4 is 17.2 Å². The molecule has 1 aliphatic heterocycles. The summed E-state index contributed by atoms with van der Waals surface area (Å²) in [6, 6.07) is 6.95. The number of H-pyrrole nitrogens is 1. The number of nitrogens with one attached hydrogen (secondary N) is 1. The van der Waals surface area contributed by atoms with Gasteiger partial charge in [-0.1, -0.05) is 12.8 Å². The number of aldehydes is 1. The number of rotatable bonds is 11. The largest absolute Gasteiger partial charge is 0.497 e. The van der Waals surface area contributed by atoms with Gasteiger partial charge in [0.2, 0.25) is 0 Å². The Morgan fingerprint density at radius 3 is 2.91 bits per heavy atom. The highest BCUT2D eigenvalue weighted by Crippen LogP contribution is 2.30. The van der Waals surface area contributed by atoms with Crippen LogP contribution in [0.25, 0.3) is 10.9 Å². The summed E-state index contributed by atoms with van der Waals surface area (Å²) in [5, 5.41) is 1.30. The van der Waals surface area contributed by atoms with Gasteiger partial charge in [-0.05, 0) is 101 Å². The number of fused-ring (bicyclic) bond motifs is 1. The number of aromatic amines is 1. The van der Waals surface area contributed by atoms with Gasteiger partial charge in [0, 0.05) is 35.6 Å². The molecule has 1 aromatic carbocycles. The topological polar surface area (TPSA) is 48.6 Å². The summed E-state index contributed by atoms with van der Waals surface area (Å²) in [5.74, 6) is 1.79. The highest BCUT2D eigenvalue weighted by molar-refractivity contribution is 5.84. The number of benzene rings is 1. The van der Waals surface area contributed by atoms with Crippen molar-refractivity contribution in [2.24, 2.45) is 11.8 Å². The number of hydrogen-bond acceptors (Lipinski definition) is 4. The number of aromatic nitrogens is 1. The molecule has 3 unspecified atom stereocenters. The summed E-state index contributed by atoms with van der Waals surface area (Å²) < 4.78 is 5.44. The van der Waals surface area contributed by atoms with E-state index in [0.717, 1.165) is 31.7 Å². The number of carbonyl (C=O) groups excluding carboxylic acids is 1. The average Bonchev–Trinajstić information content (AvgIpc) is 3.43. The van der Waals surface area contributed by atoms with E-state index in [1.165, 1.54) is 80.8 Å². The quantitative estimate of drug-likeness (QED) is 0.400. The molecule has 0 spiro atoms. The van der Waals surface area contributed by atoms with Crippen molar-refractivity contribution in [1.82, 2.24) is 14.8 Å². The molecule has 0 radical (unpaired) electrons. The van der Waals surface area contributed by atoms with Crippen LogP contribution in [0, 0.1) is 11.8 Å². The third-order valence-electron chi connectivity index (χ3n) is 7.85. The van der Waals surface area contributed by atoms with E-state index >= 15 is 0 Å². The first-order valence-electron chi connectivity index (χ1n) is 12.7. The van der Waals surface area contributed by atoms with Gasteiger partial charge in [0.1, 0.15) is 12.0 Å². The van der Waals surface area contributed by atoms with Gasteiger partial charge in [0.15, 0.2) is 0 Å². The standard InChI is InChI=1S/C27H41N3O2/c1-29(19-21-8-3-4-9-22(21)20-31)13-5-6-14-30-15-7-10-24(30)16-23-18-28-27-12-11-25(32-2)17-26(23)27/h11-12,17-18,20-22,24,28H,3-10,13-16,19H2,1-2H3. The van der Waals surface area contributed by atoms with Gasteiger partial charge in [-0.25, -0.2) is 0 Å². The monoisotopic (exact) mass is 439 g/mol. The number of carbonyl (C=O) groups is 1. The SMILES string of the molecule is COc1ccc2[nH]cc(CC3CCCN3CCCCN(C)CC3CCCCC3C=O)c2c1. The number of methoxy groups -OCH3 is 1. The fourth-order valence-corrected chi connectivity index (χ4v) is 5.96. The Labute approximate surface area is 193 Å². The van der Waals surface area contributed by atoms with Crippen LogP contribution < -0.4 is 4.74 Å². The van der Waals surface area contributed by atoms with Crippen LogP contribution in [0.5, 0.6) is 5.75 Å².